The van der Waals surface area contributed by atoms with E-state index in [-0.39, 0.29) is 16.0 Å². The van der Waals surface area contributed by atoms with Crippen molar-refractivity contribution in [2.75, 3.05) is 7.11 Å². The quantitative estimate of drug-likeness (QED) is 0.234. The molecule has 158 valence electrons. The standard InChI is InChI=1S/C21H16FN3O5S/c1-30-20(29)15(22)16(14-18(27)24-21(31)25-19(14)28)23-13-10-6-5-9-12(13)17(26)11-7-3-2-4-8-11/h2-10,15H,1H3,(H3,24,25,27,28,31). The van der Waals surface area contributed by atoms with Gasteiger partial charge in [-0.05, 0) is 24.4 Å². The van der Waals surface area contributed by atoms with Gasteiger partial charge in [-0.15, -0.1) is 0 Å². The predicted octanol–water partition coefficient (Wildman–Crippen LogP) is 3.00. The molecule has 2 aromatic carbocycles. The van der Waals surface area contributed by atoms with Crippen LogP contribution in [0.15, 0.2) is 64.4 Å². The Morgan fingerprint density at radius 1 is 1.10 bits per heavy atom. The van der Waals surface area contributed by atoms with Crippen molar-refractivity contribution in [1.29, 1.82) is 0 Å². The van der Waals surface area contributed by atoms with Crippen LogP contribution in [-0.2, 0) is 9.53 Å². The summed E-state index contributed by atoms with van der Waals surface area (Å²) in [5.41, 5.74) is -1.92. The van der Waals surface area contributed by atoms with Crippen molar-refractivity contribution in [2.24, 2.45) is 4.99 Å². The van der Waals surface area contributed by atoms with E-state index >= 15 is 0 Å². The Bertz CT molecular complexity index is 1280. The zero-order valence-corrected chi connectivity index (χ0v) is 16.9. The van der Waals surface area contributed by atoms with Crippen molar-refractivity contribution in [2.45, 2.75) is 6.17 Å². The number of aromatic nitrogens is 2. The summed E-state index contributed by atoms with van der Waals surface area (Å²) < 4.78 is 19.2. The van der Waals surface area contributed by atoms with Crippen LogP contribution in [-0.4, -0.2) is 45.8 Å². The highest BCUT2D eigenvalue weighted by Gasteiger charge is 2.31. The van der Waals surface area contributed by atoms with E-state index in [0.717, 1.165) is 7.11 Å². The summed E-state index contributed by atoms with van der Waals surface area (Å²) in [6.45, 7) is 0. The third-order valence-electron chi connectivity index (χ3n) is 4.25. The zero-order valence-electron chi connectivity index (χ0n) is 16.1. The van der Waals surface area contributed by atoms with Crippen molar-refractivity contribution in [1.82, 2.24) is 9.97 Å². The van der Waals surface area contributed by atoms with E-state index in [9.17, 15) is 23.9 Å². The number of rotatable bonds is 6. The number of H-pyrrole nitrogens is 2. The normalized spacial score (nSPS) is 12.3. The predicted molar refractivity (Wildman–Crippen MR) is 113 cm³/mol. The van der Waals surface area contributed by atoms with Crippen LogP contribution in [0.25, 0.3) is 0 Å². The van der Waals surface area contributed by atoms with Crippen molar-refractivity contribution >= 4 is 35.4 Å². The Hall–Kier alpha value is -3.92. The minimum atomic E-state index is -2.53. The van der Waals surface area contributed by atoms with Crippen LogP contribution in [0.5, 0.6) is 5.88 Å². The van der Waals surface area contributed by atoms with E-state index in [0.29, 0.717) is 5.56 Å². The molecule has 0 fully saturated rings. The molecule has 8 nitrogen and oxygen atoms in total. The number of para-hydroxylation sites is 1. The molecule has 0 amide bonds. The molecule has 1 heterocycles. The summed E-state index contributed by atoms with van der Waals surface area (Å²) in [4.78, 5) is 45.7. The zero-order chi connectivity index (χ0) is 22.5. The number of nitrogens with one attached hydrogen (secondary N) is 2. The van der Waals surface area contributed by atoms with Gasteiger partial charge in [0, 0.05) is 11.1 Å². The number of aliphatic imine (C=N–C) groups is 1. The van der Waals surface area contributed by atoms with Gasteiger partial charge in [0.25, 0.3) is 5.56 Å². The molecule has 3 rings (SSSR count). The van der Waals surface area contributed by atoms with E-state index in [1.54, 1.807) is 42.5 Å². The van der Waals surface area contributed by atoms with Gasteiger partial charge in [0.1, 0.15) is 11.3 Å². The number of esters is 1. The molecule has 0 radical (unpaired) electrons. The number of halogens is 1. The number of hydrogen-bond donors (Lipinski definition) is 3. The van der Waals surface area contributed by atoms with Crippen molar-refractivity contribution in [3.8, 4) is 5.88 Å². The maximum atomic E-state index is 15.0. The smallest absolute Gasteiger partial charge is 0.346 e. The minimum Gasteiger partial charge on any atom is -0.494 e. The van der Waals surface area contributed by atoms with Crippen LogP contribution in [0.3, 0.4) is 0 Å². The second kappa shape index (κ2) is 9.26. The summed E-state index contributed by atoms with van der Waals surface area (Å²) >= 11 is 4.77. The number of benzene rings is 2. The Morgan fingerprint density at radius 3 is 2.39 bits per heavy atom. The molecule has 0 bridgehead atoms. The lowest BCUT2D eigenvalue weighted by atomic mass is 10.0. The first-order chi connectivity index (χ1) is 14.8. The van der Waals surface area contributed by atoms with Gasteiger partial charge in [0.15, 0.2) is 10.6 Å². The second-order valence-electron chi connectivity index (χ2n) is 6.23. The number of carbonyl (C=O) groups excluding carboxylic acids is 2. The number of hydrogen-bond acceptors (Lipinski definition) is 7. The Kier molecular flexibility index (Phi) is 6.51. The fourth-order valence-corrected chi connectivity index (χ4v) is 2.99. The lowest BCUT2D eigenvalue weighted by molar-refractivity contribution is -0.143. The van der Waals surface area contributed by atoms with Gasteiger partial charge in [-0.3, -0.25) is 14.6 Å². The third-order valence-corrected chi connectivity index (χ3v) is 4.46. The van der Waals surface area contributed by atoms with Gasteiger partial charge in [-0.2, -0.15) is 0 Å². The van der Waals surface area contributed by atoms with Crippen LogP contribution in [0.2, 0.25) is 0 Å². The van der Waals surface area contributed by atoms with Gasteiger partial charge >= 0.3 is 5.97 Å². The molecular weight excluding hydrogens is 425 g/mol. The average molecular weight is 441 g/mol. The summed E-state index contributed by atoms with van der Waals surface area (Å²) in [7, 11) is 0.960. The summed E-state index contributed by atoms with van der Waals surface area (Å²) in [6.07, 6.45) is -2.53. The highest BCUT2D eigenvalue weighted by atomic mass is 32.1. The SMILES string of the molecule is COC(=O)C(F)C(=Nc1ccccc1C(=O)c1ccccc1)c1c(O)[nH]c(=S)[nH]c1=O. The third kappa shape index (κ3) is 4.64. The first-order valence-corrected chi connectivity index (χ1v) is 9.29. The molecule has 1 atom stereocenters. The lowest BCUT2D eigenvalue weighted by Crippen LogP contribution is -2.32. The van der Waals surface area contributed by atoms with E-state index in [1.807, 2.05) is 0 Å². The van der Waals surface area contributed by atoms with Crippen LogP contribution in [0.4, 0.5) is 10.1 Å². The molecular formula is C21H16FN3O5S. The molecule has 3 aromatic rings. The van der Waals surface area contributed by atoms with E-state index in [1.165, 1.54) is 12.1 Å². The number of methoxy groups -OCH3 is 1. The highest BCUT2D eigenvalue weighted by Crippen LogP contribution is 2.25. The Morgan fingerprint density at radius 2 is 1.74 bits per heavy atom. The molecule has 0 aliphatic rings. The van der Waals surface area contributed by atoms with Crippen molar-refractivity contribution in [3.63, 3.8) is 0 Å². The van der Waals surface area contributed by atoms with Gasteiger partial charge in [-0.25, -0.2) is 14.2 Å². The fourth-order valence-electron chi connectivity index (χ4n) is 2.80. The van der Waals surface area contributed by atoms with Crippen LogP contribution >= 0.6 is 12.2 Å². The maximum absolute atomic E-state index is 15.0. The number of carbonyl (C=O) groups is 2. The topological polar surface area (TPSA) is 125 Å². The van der Waals surface area contributed by atoms with Crippen LogP contribution in [0, 0.1) is 4.77 Å². The second-order valence-corrected chi connectivity index (χ2v) is 6.64. The monoisotopic (exact) mass is 441 g/mol. The minimum absolute atomic E-state index is 0.0147. The highest BCUT2D eigenvalue weighted by molar-refractivity contribution is 7.71. The molecule has 0 aliphatic heterocycles. The number of ether oxygens (including phenoxy) is 1. The number of nitrogens with zero attached hydrogens (tertiary/aromatic N) is 1. The molecule has 3 N–H and O–H groups in total. The number of aromatic hydroxyl groups is 1. The molecule has 0 aliphatic carbocycles. The van der Waals surface area contributed by atoms with E-state index in [2.05, 4.69) is 19.7 Å². The van der Waals surface area contributed by atoms with Gasteiger partial charge < -0.3 is 14.8 Å². The van der Waals surface area contributed by atoms with Gasteiger partial charge in [-0.1, -0.05) is 42.5 Å². The molecule has 0 saturated carbocycles. The van der Waals surface area contributed by atoms with Gasteiger partial charge in [0.2, 0.25) is 12.1 Å². The summed E-state index contributed by atoms with van der Waals surface area (Å²) in [6, 6.07) is 14.3. The largest absolute Gasteiger partial charge is 0.494 e. The van der Waals surface area contributed by atoms with Crippen LogP contribution < -0.4 is 5.56 Å². The summed E-state index contributed by atoms with van der Waals surface area (Å²) in [5.74, 6) is -2.53. The van der Waals surface area contributed by atoms with E-state index in [4.69, 9.17) is 12.2 Å². The summed E-state index contributed by atoms with van der Waals surface area (Å²) in [5, 5.41) is 10.2. The molecule has 0 spiro atoms. The number of alkyl halides is 1. The first-order valence-electron chi connectivity index (χ1n) is 8.88. The Balaban J connectivity index is 2.24. The maximum Gasteiger partial charge on any atom is 0.346 e. The van der Waals surface area contributed by atoms with E-state index < -0.39 is 40.6 Å². The molecule has 31 heavy (non-hydrogen) atoms. The van der Waals surface area contributed by atoms with Crippen LogP contribution in [0.1, 0.15) is 21.5 Å². The number of aromatic amines is 2. The van der Waals surface area contributed by atoms with Gasteiger partial charge in [0.05, 0.1) is 12.8 Å². The molecule has 1 aromatic heterocycles. The molecule has 10 heteroatoms. The fraction of sp³-hybridized carbons (Fsp3) is 0.0952. The lowest BCUT2D eigenvalue weighted by Gasteiger charge is -2.12. The number of ketones is 1. The Labute approximate surface area is 180 Å². The van der Waals surface area contributed by atoms with Crippen molar-refractivity contribution < 1.29 is 23.8 Å². The first kappa shape index (κ1) is 21.8. The molecule has 1 unspecified atom stereocenters. The molecule has 0 saturated heterocycles. The van der Waals surface area contributed by atoms with Crippen molar-refractivity contribution in [3.05, 3.63) is 86.4 Å². The average Bonchev–Trinajstić information content (AvgIpc) is 2.77.